The lowest BCUT2D eigenvalue weighted by atomic mass is 10.1. The Hall–Kier alpha value is -3.46. The van der Waals surface area contributed by atoms with Gasteiger partial charge in [0.15, 0.2) is 9.84 Å². The predicted octanol–water partition coefficient (Wildman–Crippen LogP) is 4.37. The van der Waals surface area contributed by atoms with Gasteiger partial charge in [0.25, 0.3) is 0 Å². The third-order valence-electron chi connectivity index (χ3n) is 6.34. The Morgan fingerprint density at radius 3 is 2.69 bits per heavy atom. The van der Waals surface area contributed by atoms with Crippen LogP contribution in [-0.2, 0) is 9.84 Å². The van der Waals surface area contributed by atoms with Gasteiger partial charge in [-0.1, -0.05) is 42.5 Å². The molecule has 0 bridgehead atoms. The maximum atomic E-state index is 13.2. The fourth-order valence-corrected chi connectivity index (χ4v) is 6.35. The number of sulfone groups is 1. The molecule has 8 heteroatoms. The van der Waals surface area contributed by atoms with E-state index in [1.165, 1.54) is 0 Å². The van der Waals surface area contributed by atoms with E-state index >= 15 is 0 Å². The lowest BCUT2D eigenvalue weighted by molar-refractivity contribution is 0.171. The van der Waals surface area contributed by atoms with Crippen LogP contribution in [0.4, 0.5) is 11.4 Å². The van der Waals surface area contributed by atoms with Gasteiger partial charge in [-0.05, 0) is 43.3 Å². The number of hydrogen-bond acceptors (Lipinski definition) is 7. The zero-order chi connectivity index (χ0) is 25.0. The number of piperazine rings is 1. The summed E-state index contributed by atoms with van der Waals surface area (Å²) in [4.78, 5) is 6.95. The van der Waals surface area contributed by atoms with Crippen LogP contribution in [0.15, 0.2) is 89.8 Å². The van der Waals surface area contributed by atoms with Gasteiger partial charge in [0.2, 0.25) is 0 Å². The van der Waals surface area contributed by atoms with Gasteiger partial charge in [0.1, 0.15) is 17.7 Å². The Bertz CT molecular complexity index is 1440. The molecule has 2 N–H and O–H groups in total. The predicted molar refractivity (Wildman–Crippen MR) is 144 cm³/mol. The summed E-state index contributed by atoms with van der Waals surface area (Å²) in [6.07, 6.45) is 0. The van der Waals surface area contributed by atoms with E-state index in [1.807, 2.05) is 66.4 Å². The summed E-state index contributed by atoms with van der Waals surface area (Å²) in [5.74, 6) is 0.729. The molecular weight excluding hydrogens is 472 g/mol. The van der Waals surface area contributed by atoms with Crippen molar-refractivity contribution in [3.63, 3.8) is 0 Å². The van der Waals surface area contributed by atoms with Gasteiger partial charge in [0.05, 0.1) is 10.4 Å². The number of hydrogen-bond donors (Lipinski definition) is 2. The number of rotatable bonds is 8. The fraction of sp³-hybridized carbons (Fsp3) is 0.250. The number of fused-ring (bicyclic) bond motifs is 1. The van der Waals surface area contributed by atoms with Crippen molar-refractivity contribution >= 4 is 32.1 Å². The first-order valence-electron chi connectivity index (χ1n) is 12.1. The minimum absolute atomic E-state index is 0.349. The molecule has 4 aromatic rings. The van der Waals surface area contributed by atoms with Crippen molar-refractivity contribution in [2.45, 2.75) is 17.2 Å². The van der Waals surface area contributed by atoms with Crippen LogP contribution in [-0.4, -0.2) is 56.5 Å². The number of anilines is 2. The van der Waals surface area contributed by atoms with Crippen LogP contribution in [0.2, 0.25) is 0 Å². The van der Waals surface area contributed by atoms with Gasteiger partial charge in [-0.2, -0.15) is 0 Å². The lowest BCUT2D eigenvalue weighted by Gasteiger charge is -2.35. The molecule has 1 aliphatic heterocycles. The molecule has 0 spiro atoms. The van der Waals surface area contributed by atoms with E-state index in [2.05, 4.69) is 21.7 Å². The second kappa shape index (κ2) is 10.7. The van der Waals surface area contributed by atoms with Gasteiger partial charge in [-0.3, -0.25) is 9.88 Å². The molecule has 1 aliphatic rings. The number of benzene rings is 3. The molecule has 2 heterocycles. The minimum atomic E-state index is -3.48. The SMILES string of the molecule is Cc1cc(Nc2cccc(OCCN3CCNCC3S(=O)(=O)c3ccccc3)c2)c2ccccc2n1. The molecule has 7 nitrogen and oxygen atoms in total. The van der Waals surface area contributed by atoms with Crippen molar-refractivity contribution in [1.82, 2.24) is 15.2 Å². The van der Waals surface area contributed by atoms with Crippen LogP contribution < -0.4 is 15.4 Å². The summed E-state index contributed by atoms with van der Waals surface area (Å²) in [7, 11) is -3.48. The van der Waals surface area contributed by atoms with Crippen LogP contribution in [0, 0.1) is 6.92 Å². The second-order valence-corrected chi connectivity index (χ2v) is 11.0. The van der Waals surface area contributed by atoms with Crippen molar-refractivity contribution in [3.05, 3.63) is 90.6 Å². The number of ether oxygens (including phenoxy) is 1. The van der Waals surface area contributed by atoms with E-state index in [9.17, 15) is 8.42 Å². The van der Waals surface area contributed by atoms with Crippen LogP contribution in [0.1, 0.15) is 5.69 Å². The monoisotopic (exact) mass is 502 g/mol. The molecule has 1 atom stereocenters. The third kappa shape index (κ3) is 5.36. The third-order valence-corrected chi connectivity index (χ3v) is 8.45. The lowest BCUT2D eigenvalue weighted by Crippen LogP contribution is -2.55. The highest BCUT2D eigenvalue weighted by Crippen LogP contribution is 2.28. The average molecular weight is 503 g/mol. The first-order valence-corrected chi connectivity index (χ1v) is 13.7. The summed E-state index contributed by atoms with van der Waals surface area (Å²) < 4.78 is 32.5. The summed E-state index contributed by atoms with van der Waals surface area (Å²) in [6, 6.07) is 26.6. The van der Waals surface area contributed by atoms with Crippen molar-refractivity contribution in [3.8, 4) is 5.75 Å². The molecule has 186 valence electrons. The van der Waals surface area contributed by atoms with E-state index in [0.29, 0.717) is 31.1 Å². The molecule has 5 rings (SSSR count). The number of para-hydroxylation sites is 1. The second-order valence-electron chi connectivity index (χ2n) is 8.88. The molecule has 1 fully saturated rings. The molecule has 0 saturated carbocycles. The first kappa shape index (κ1) is 24.2. The molecule has 36 heavy (non-hydrogen) atoms. The van der Waals surface area contributed by atoms with Crippen LogP contribution in [0.5, 0.6) is 5.75 Å². The fourth-order valence-electron chi connectivity index (χ4n) is 4.56. The molecule has 1 aromatic heterocycles. The first-order chi connectivity index (χ1) is 17.5. The van der Waals surface area contributed by atoms with Crippen molar-refractivity contribution in [2.24, 2.45) is 0 Å². The highest BCUT2D eigenvalue weighted by atomic mass is 32.2. The van der Waals surface area contributed by atoms with E-state index < -0.39 is 15.2 Å². The highest BCUT2D eigenvalue weighted by Gasteiger charge is 2.34. The van der Waals surface area contributed by atoms with Crippen LogP contribution in [0.25, 0.3) is 10.9 Å². The Morgan fingerprint density at radius 2 is 1.83 bits per heavy atom. The summed E-state index contributed by atoms with van der Waals surface area (Å²) in [5.41, 5.74) is 3.79. The summed E-state index contributed by atoms with van der Waals surface area (Å²) in [5, 5.41) is 7.15. The van der Waals surface area contributed by atoms with E-state index in [1.54, 1.807) is 24.3 Å². The minimum Gasteiger partial charge on any atom is -0.492 e. The van der Waals surface area contributed by atoms with Gasteiger partial charge in [-0.15, -0.1) is 0 Å². The summed E-state index contributed by atoms with van der Waals surface area (Å²) >= 11 is 0. The standard InChI is InChI=1S/C28H30N4O3S/c1-21-18-27(25-12-5-6-13-26(25)30-21)31-22-8-7-9-23(19-22)35-17-16-32-15-14-29-20-28(32)36(33,34)24-10-3-2-4-11-24/h2-13,18-19,28-29H,14-17,20H2,1H3,(H,30,31). The maximum Gasteiger partial charge on any atom is 0.195 e. The Balaban J connectivity index is 1.25. The van der Waals surface area contributed by atoms with E-state index in [4.69, 9.17) is 4.74 Å². The highest BCUT2D eigenvalue weighted by molar-refractivity contribution is 7.92. The zero-order valence-electron chi connectivity index (χ0n) is 20.2. The number of aromatic nitrogens is 1. The molecule has 0 amide bonds. The number of pyridine rings is 1. The van der Waals surface area contributed by atoms with Gasteiger partial charge in [-0.25, -0.2) is 8.42 Å². The number of nitrogens with zero attached hydrogens (tertiary/aromatic N) is 2. The van der Waals surface area contributed by atoms with E-state index in [-0.39, 0.29) is 0 Å². The molecule has 0 aliphatic carbocycles. The smallest absolute Gasteiger partial charge is 0.195 e. The van der Waals surface area contributed by atoms with Gasteiger partial charge in [0, 0.05) is 54.7 Å². The van der Waals surface area contributed by atoms with Crippen LogP contribution in [0.3, 0.4) is 0 Å². The molecule has 1 unspecified atom stereocenters. The zero-order valence-corrected chi connectivity index (χ0v) is 21.0. The molecule has 3 aromatic carbocycles. The Morgan fingerprint density at radius 1 is 1.03 bits per heavy atom. The maximum absolute atomic E-state index is 13.2. The summed E-state index contributed by atoms with van der Waals surface area (Å²) in [6.45, 7) is 4.69. The number of nitrogens with one attached hydrogen (secondary N) is 2. The quantitative estimate of drug-likeness (QED) is 0.370. The Kier molecular flexibility index (Phi) is 7.18. The van der Waals surface area contributed by atoms with E-state index in [0.717, 1.165) is 40.3 Å². The molecule has 0 radical (unpaired) electrons. The van der Waals surface area contributed by atoms with Gasteiger partial charge < -0.3 is 15.4 Å². The van der Waals surface area contributed by atoms with Crippen molar-refractivity contribution in [1.29, 1.82) is 0 Å². The van der Waals surface area contributed by atoms with Crippen molar-refractivity contribution in [2.75, 3.05) is 38.1 Å². The largest absolute Gasteiger partial charge is 0.492 e. The normalized spacial score (nSPS) is 16.6. The van der Waals surface area contributed by atoms with Crippen LogP contribution >= 0.6 is 0 Å². The topological polar surface area (TPSA) is 83.6 Å². The van der Waals surface area contributed by atoms with Crippen molar-refractivity contribution < 1.29 is 13.2 Å². The number of aryl methyl sites for hydroxylation is 1. The molecular formula is C28H30N4O3S. The van der Waals surface area contributed by atoms with Gasteiger partial charge >= 0.3 is 0 Å². The Labute approximate surface area is 212 Å². The average Bonchev–Trinajstić information content (AvgIpc) is 2.89. The molecule has 1 saturated heterocycles.